The quantitative estimate of drug-likeness (QED) is 0.458. The summed E-state index contributed by atoms with van der Waals surface area (Å²) >= 11 is 0. The zero-order chi connectivity index (χ0) is 14.4. The van der Waals surface area contributed by atoms with Crippen molar-refractivity contribution in [1.29, 1.82) is 0 Å². The van der Waals surface area contributed by atoms with Crippen LogP contribution in [-0.4, -0.2) is 46.8 Å². The summed E-state index contributed by atoms with van der Waals surface area (Å²) in [7, 11) is 5.38. The average molecular weight is 404 g/mol. The van der Waals surface area contributed by atoms with Gasteiger partial charge < -0.3 is 20.3 Å². The van der Waals surface area contributed by atoms with E-state index in [2.05, 4.69) is 32.7 Å². The van der Waals surface area contributed by atoms with Gasteiger partial charge in [0.1, 0.15) is 5.75 Å². The lowest BCUT2D eigenvalue weighted by atomic mass is 10.1. The van der Waals surface area contributed by atoms with E-state index in [1.807, 2.05) is 19.2 Å². The first kappa shape index (κ1) is 17.9. The van der Waals surface area contributed by atoms with Gasteiger partial charge in [-0.25, -0.2) is 0 Å². The smallest absolute Gasteiger partial charge is 0.190 e. The summed E-state index contributed by atoms with van der Waals surface area (Å²) in [5, 5.41) is 6.39. The SMILES string of the molecule is CN=C(NC)NCC1CCN(c2cccc(OC)c2)C1.I. The number of methoxy groups -OCH3 is 1. The number of benzene rings is 1. The molecule has 0 radical (unpaired) electrons. The van der Waals surface area contributed by atoms with E-state index < -0.39 is 0 Å². The summed E-state index contributed by atoms with van der Waals surface area (Å²) in [5.74, 6) is 2.41. The van der Waals surface area contributed by atoms with Crippen LogP contribution in [0, 0.1) is 5.92 Å². The van der Waals surface area contributed by atoms with Crippen LogP contribution in [0.3, 0.4) is 0 Å². The van der Waals surface area contributed by atoms with E-state index in [-0.39, 0.29) is 24.0 Å². The highest BCUT2D eigenvalue weighted by Crippen LogP contribution is 2.26. The van der Waals surface area contributed by atoms with Crippen molar-refractivity contribution in [2.75, 3.05) is 45.7 Å². The lowest BCUT2D eigenvalue weighted by molar-refractivity contribution is 0.415. The lowest BCUT2D eigenvalue weighted by Crippen LogP contribution is -2.38. The van der Waals surface area contributed by atoms with Crippen molar-refractivity contribution in [1.82, 2.24) is 10.6 Å². The molecule has 0 aliphatic carbocycles. The number of hydrogen-bond donors (Lipinski definition) is 2. The third-order valence-electron chi connectivity index (χ3n) is 3.72. The molecule has 5 nitrogen and oxygen atoms in total. The minimum atomic E-state index is 0. The summed E-state index contributed by atoms with van der Waals surface area (Å²) in [6.07, 6.45) is 1.20. The van der Waals surface area contributed by atoms with Crippen LogP contribution in [0.4, 0.5) is 5.69 Å². The molecule has 1 atom stereocenters. The van der Waals surface area contributed by atoms with Crippen molar-refractivity contribution < 1.29 is 4.74 Å². The molecule has 21 heavy (non-hydrogen) atoms. The molecule has 6 heteroatoms. The van der Waals surface area contributed by atoms with Crippen LogP contribution in [0.2, 0.25) is 0 Å². The zero-order valence-electron chi connectivity index (χ0n) is 12.9. The van der Waals surface area contributed by atoms with Crippen LogP contribution < -0.4 is 20.3 Å². The van der Waals surface area contributed by atoms with E-state index in [0.717, 1.165) is 31.3 Å². The van der Waals surface area contributed by atoms with E-state index in [4.69, 9.17) is 4.74 Å². The lowest BCUT2D eigenvalue weighted by Gasteiger charge is -2.19. The van der Waals surface area contributed by atoms with Crippen LogP contribution in [0.1, 0.15) is 6.42 Å². The maximum atomic E-state index is 5.29. The van der Waals surface area contributed by atoms with Crippen LogP contribution in [0.15, 0.2) is 29.3 Å². The molecule has 1 aliphatic heterocycles. The van der Waals surface area contributed by atoms with Gasteiger partial charge in [0.05, 0.1) is 7.11 Å². The number of nitrogens with zero attached hydrogens (tertiary/aromatic N) is 2. The molecule has 0 aromatic heterocycles. The van der Waals surface area contributed by atoms with Crippen molar-refractivity contribution >= 4 is 35.6 Å². The number of aliphatic imine (C=N–C) groups is 1. The molecule has 1 heterocycles. The minimum Gasteiger partial charge on any atom is -0.497 e. The topological polar surface area (TPSA) is 48.9 Å². The standard InChI is InChI=1S/C15H24N4O.HI/c1-16-15(17-2)18-10-12-7-8-19(11-12)13-5-4-6-14(9-13)20-3;/h4-6,9,12H,7-8,10-11H2,1-3H3,(H2,16,17,18);1H. The minimum absolute atomic E-state index is 0. The van der Waals surface area contributed by atoms with Crippen LogP contribution >= 0.6 is 24.0 Å². The third kappa shape index (κ3) is 4.94. The molecule has 1 aromatic carbocycles. The number of hydrogen-bond acceptors (Lipinski definition) is 3. The van der Waals surface area contributed by atoms with Crippen LogP contribution in [0.5, 0.6) is 5.75 Å². The number of rotatable bonds is 4. The van der Waals surface area contributed by atoms with E-state index in [1.165, 1.54) is 12.1 Å². The van der Waals surface area contributed by atoms with Crippen LogP contribution in [0.25, 0.3) is 0 Å². The summed E-state index contributed by atoms with van der Waals surface area (Å²) < 4.78 is 5.29. The Morgan fingerprint density at radius 2 is 2.29 bits per heavy atom. The molecule has 2 rings (SSSR count). The molecule has 1 aliphatic rings. The van der Waals surface area contributed by atoms with E-state index >= 15 is 0 Å². The van der Waals surface area contributed by atoms with Gasteiger partial charge in [0, 0.05) is 45.5 Å². The molecular weight excluding hydrogens is 379 g/mol. The molecular formula is C15H25IN4O. The molecule has 0 amide bonds. The van der Waals surface area contributed by atoms with Crippen molar-refractivity contribution in [3.05, 3.63) is 24.3 Å². The van der Waals surface area contributed by atoms with E-state index in [0.29, 0.717) is 5.92 Å². The Bertz CT molecular complexity index is 467. The molecule has 0 bridgehead atoms. The first-order chi connectivity index (χ1) is 9.76. The van der Waals surface area contributed by atoms with Crippen LogP contribution in [-0.2, 0) is 0 Å². The van der Waals surface area contributed by atoms with E-state index in [9.17, 15) is 0 Å². The second kappa shape index (κ2) is 8.96. The first-order valence-corrected chi connectivity index (χ1v) is 7.04. The maximum Gasteiger partial charge on any atom is 0.190 e. The van der Waals surface area contributed by atoms with Gasteiger partial charge in [-0.05, 0) is 24.5 Å². The van der Waals surface area contributed by atoms with Crippen molar-refractivity contribution in [2.24, 2.45) is 10.9 Å². The first-order valence-electron chi connectivity index (χ1n) is 7.04. The third-order valence-corrected chi connectivity index (χ3v) is 3.72. The van der Waals surface area contributed by atoms with Crippen molar-refractivity contribution in [3.63, 3.8) is 0 Å². The van der Waals surface area contributed by atoms with E-state index in [1.54, 1.807) is 14.2 Å². The monoisotopic (exact) mass is 404 g/mol. The fourth-order valence-corrected chi connectivity index (χ4v) is 2.56. The highest BCUT2D eigenvalue weighted by molar-refractivity contribution is 14.0. The summed E-state index contributed by atoms with van der Waals surface area (Å²) in [4.78, 5) is 6.55. The molecule has 1 unspecified atom stereocenters. The highest BCUT2D eigenvalue weighted by atomic mass is 127. The second-order valence-corrected chi connectivity index (χ2v) is 5.01. The highest BCUT2D eigenvalue weighted by Gasteiger charge is 2.22. The predicted molar refractivity (Wildman–Crippen MR) is 99.2 cm³/mol. The molecule has 1 saturated heterocycles. The Kier molecular flexibility index (Phi) is 7.63. The Morgan fingerprint density at radius 3 is 2.95 bits per heavy atom. The fourth-order valence-electron chi connectivity index (χ4n) is 2.56. The largest absolute Gasteiger partial charge is 0.497 e. The summed E-state index contributed by atoms with van der Waals surface area (Å²) in [5.41, 5.74) is 1.24. The molecule has 1 fully saturated rings. The molecule has 0 saturated carbocycles. The predicted octanol–water partition coefficient (Wildman–Crippen LogP) is 1.93. The summed E-state index contributed by atoms with van der Waals surface area (Å²) in [6.45, 7) is 3.12. The fraction of sp³-hybridized carbons (Fsp3) is 0.533. The molecule has 1 aromatic rings. The number of nitrogens with one attached hydrogen (secondary N) is 2. The number of halogens is 1. The molecule has 118 valence electrons. The summed E-state index contributed by atoms with van der Waals surface area (Å²) in [6, 6.07) is 8.27. The maximum absolute atomic E-state index is 5.29. The Labute approximate surface area is 144 Å². The number of guanidine groups is 1. The van der Waals surface area contributed by atoms with Gasteiger partial charge in [-0.3, -0.25) is 4.99 Å². The van der Waals surface area contributed by atoms with Gasteiger partial charge in [0.15, 0.2) is 5.96 Å². The Hall–Kier alpha value is -1.18. The average Bonchev–Trinajstić information content (AvgIpc) is 2.97. The normalized spacial score (nSPS) is 18.1. The Balaban J connectivity index is 0.00000220. The zero-order valence-corrected chi connectivity index (χ0v) is 15.3. The number of anilines is 1. The molecule has 2 N–H and O–H groups in total. The molecule has 0 spiro atoms. The van der Waals surface area contributed by atoms with Crippen molar-refractivity contribution in [3.8, 4) is 5.75 Å². The van der Waals surface area contributed by atoms with Gasteiger partial charge in [0.25, 0.3) is 0 Å². The number of ether oxygens (including phenoxy) is 1. The Morgan fingerprint density at radius 1 is 1.48 bits per heavy atom. The van der Waals surface area contributed by atoms with Gasteiger partial charge in [0.2, 0.25) is 0 Å². The van der Waals surface area contributed by atoms with Gasteiger partial charge in [-0.1, -0.05) is 6.07 Å². The van der Waals surface area contributed by atoms with Gasteiger partial charge >= 0.3 is 0 Å². The van der Waals surface area contributed by atoms with Gasteiger partial charge in [-0.15, -0.1) is 24.0 Å². The van der Waals surface area contributed by atoms with Crippen molar-refractivity contribution in [2.45, 2.75) is 6.42 Å². The van der Waals surface area contributed by atoms with Gasteiger partial charge in [-0.2, -0.15) is 0 Å². The second-order valence-electron chi connectivity index (χ2n) is 5.01.